The van der Waals surface area contributed by atoms with Crippen LogP contribution in [0, 0.1) is 12.7 Å². The van der Waals surface area contributed by atoms with Gasteiger partial charge >= 0.3 is 0 Å². The van der Waals surface area contributed by atoms with E-state index in [0.29, 0.717) is 35.6 Å². The number of methoxy groups -OCH3 is 2. The van der Waals surface area contributed by atoms with Crippen LogP contribution in [0.2, 0.25) is 0 Å². The molecule has 3 aromatic rings. The molecular weight excluding hydrogens is 453 g/mol. The van der Waals surface area contributed by atoms with Crippen molar-refractivity contribution in [2.75, 3.05) is 50.7 Å². The zero-order valence-corrected chi connectivity index (χ0v) is 20.1. The van der Waals surface area contributed by atoms with Gasteiger partial charge in [-0.2, -0.15) is 0 Å². The number of hydrogen-bond acceptors (Lipinski definition) is 8. The Hall–Kier alpha value is -3.50. The quantitative estimate of drug-likeness (QED) is 0.445. The predicted octanol–water partition coefficient (Wildman–Crippen LogP) is 3.56. The first kappa shape index (κ1) is 24.6. The lowest BCUT2D eigenvalue weighted by Gasteiger charge is -2.34. The molecular formula is C25H30FN5O4. The Morgan fingerprint density at radius 2 is 1.94 bits per heavy atom. The van der Waals surface area contributed by atoms with Crippen molar-refractivity contribution in [3.05, 3.63) is 47.4 Å². The Kier molecular flexibility index (Phi) is 7.62. The van der Waals surface area contributed by atoms with Gasteiger partial charge in [-0.05, 0) is 43.5 Å². The molecule has 0 atom stereocenters. The third-order valence-corrected chi connectivity index (χ3v) is 6.10. The normalized spacial score (nSPS) is 14.3. The van der Waals surface area contributed by atoms with Gasteiger partial charge in [-0.3, -0.25) is 4.79 Å². The molecule has 0 radical (unpaired) electrons. The molecule has 3 N–H and O–H groups in total. The number of benzene rings is 2. The van der Waals surface area contributed by atoms with Crippen LogP contribution in [-0.4, -0.2) is 62.7 Å². The SMILES string of the molecule is COCCOC1CCN(c2cc3c(Nc4ccc(C)cc4F)c(C(N)=O)nnc3cc2OC)CC1. The van der Waals surface area contributed by atoms with Crippen LogP contribution in [0.4, 0.5) is 21.5 Å². The lowest BCUT2D eigenvalue weighted by molar-refractivity contribution is 0.00607. The van der Waals surface area contributed by atoms with Crippen molar-refractivity contribution in [1.82, 2.24) is 10.2 Å². The minimum absolute atomic E-state index is 0.0705. The van der Waals surface area contributed by atoms with E-state index in [1.165, 1.54) is 6.07 Å². The van der Waals surface area contributed by atoms with Gasteiger partial charge in [0, 0.05) is 31.7 Å². The van der Waals surface area contributed by atoms with Gasteiger partial charge in [0.2, 0.25) is 0 Å². The van der Waals surface area contributed by atoms with Crippen LogP contribution in [-0.2, 0) is 9.47 Å². The van der Waals surface area contributed by atoms with Crippen molar-refractivity contribution in [3.63, 3.8) is 0 Å². The van der Waals surface area contributed by atoms with Crippen LogP contribution in [0.3, 0.4) is 0 Å². The average Bonchev–Trinajstić information content (AvgIpc) is 2.85. The number of nitrogens with two attached hydrogens (primary N) is 1. The summed E-state index contributed by atoms with van der Waals surface area (Å²) in [6.45, 7) is 4.46. The standard InChI is InChI=1S/C25H30FN5O4/c1-15-4-5-19(18(26)12-15)28-23-17-13-21(31-8-6-16(7-9-31)35-11-10-33-2)22(34-3)14-20(17)29-30-24(23)25(27)32/h4-5,12-14,16H,6-11H2,1-3H3,(H2,27,32)(H,28,29). The Balaban J connectivity index is 1.71. The number of aromatic nitrogens is 2. The number of carbonyl (C=O) groups excluding carboxylic acids is 1. The second-order valence-electron chi connectivity index (χ2n) is 8.49. The fourth-order valence-electron chi connectivity index (χ4n) is 4.25. The molecule has 1 fully saturated rings. The molecule has 2 aromatic carbocycles. The first-order chi connectivity index (χ1) is 16.9. The zero-order chi connectivity index (χ0) is 24.9. The van der Waals surface area contributed by atoms with Gasteiger partial charge in [0.25, 0.3) is 5.91 Å². The lowest BCUT2D eigenvalue weighted by Crippen LogP contribution is -2.37. The van der Waals surface area contributed by atoms with E-state index in [2.05, 4.69) is 20.4 Å². The number of carbonyl (C=O) groups is 1. The molecule has 4 rings (SSSR count). The predicted molar refractivity (Wildman–Crippen MR) is 132 cm³/mol. The maximum atomic E-state index is 14.6. The molecule has 0 bridgehead atoms. The van der Waals surface area contributed by atoms with Crippen LogP contribution in [0.15, 0.2) is 30.3 Å². The number of fused-ring (bicyclic) bond motifs is 1. The molecule has 1 aliphatic rings. The van der Waals surface area contributed by atoms with Gasteiger partial charge in [0.05, 0.1) is 49.0 Å². The van der Waals surface area contributed by atoms with Crippen LogP contribution < -0.4 is 20.7 Å². The number of ether oxygens (including phenoxy) is 3. The van der Waals surface area contributed by atoms with Crippen LogP contribution in [0.25, 0.3) is 10.9 Å². The van der Waals surface area contributed by atoms with Crippen molar-refractivity contribution >= 4 is 33.9 Å². The van der Waals surface area contributed by atoms with E-state index in [1.54, 1.807) is 39.3 Å². The first-order valence-corrected chi connectivity index (χ1v) is 11.5. The maximum absolute atomic E-state index is 14.6. The van der Waals surface area contributed by atoms with Crippen LogP contribution >= 0.6 is 0 Å². The Bertz CT molecular complexity index is 1210. The third-order valence-electron chi connectivity index (χ3n) is 6.10. The highest BCUT2D eigenvalue weighted by Crippen LogP contribution is 2.38. The summed E-state index contributed by atoms with van der Waals surface area (Å²) in [5.41, 5.74) is 8.13. The molecule has 0 aliphatic carbocycles. The summed E-state index contributed by atoms with van der Waals surface area (Å²) in [5, 5.41) is 11.8. The molecule has 1 amide bonds. The minimum atomic E-state index is -0.763. The molecule has 2 heterocycles. The highest BCUT2D eigenvalue weighted by Gasteiger charge is 2.24. The van der Waals surface area contributed by atoms with E-state index in [4.69, 9.17) is 19.9 Å². The van der Waals surface area contributed by atoms with E-state index in [0.717, 1.165) is 37.2 Å². The second kappa shape index (κ2) is 10.8. The van der Waals surface area contributed by atoms with Gasteiger partial charge < -0.3 is 30.2 Å². The Labute approximate surface area is 203 Å². The summed E-state index contributed by atoms with van der Waals surface area (Å²) in [7, 11) is 3.25. The number of hydrogen-bond donors (Lipinski definition) is 2. The number of halogens is 1. The number of amides is 1. The lowest BCUT2D eigenvalue weighted by atomic mass is 10.0. The van der Waals surface area contributed by atoms with E-state index < -0.39 is 11.7 Å². The number of nitrogens with zero attached hydrogens (tertiary/aromatic N) is 3. The summed E-state index contributed by atoms with van der Waals surface area (Å²) in [6.07, 6.45) is 1.87. The first-order valence-electron chi connectivity index (χ1n) is 11.5. The van der Waals surface area contributed by atoms with E-state index in [-0.39, 0.29) is 17.5 Å². The smallest absolute Gasteiger partial charge is 0.271 e. The van der Waals surface area contributed by atoms with Crippen molar-refractivity contribution in [2.45, 2.75) is 25.9 Å². The zero-order valence-electron chi connectivity index (χ0n) is 20.1. The number of anilines is 3. The number of nitrogens with one attached hydrogen (secondary N) is 1. The van der Waals surface area contributed by atoms with Gasteiger partial charge in [-0.25, -0.2) is 4.39 Å². The Morgan fingerprint density at radius 1 is 1.17 bits per heavy atom. The van der Waals surface area contributed by atoms with Gasteiger partial charge in [-0.1, -0.05) is 6.07 Å². The monoisotopic (exact) mass is 483 g/mol. The molecule has 10 heteroatoms. The van der Waals surface area contributed by atoms with Crippen LogP contribution in [0.1, 0.15) is 28.9 Å². The van der Waals surface area contributed by atoms with Crippen molar-refractivity contribution in [3.8, 4) is 5.75 Å². The number of piperidine rings is 1. The molecule has 1 aliphatic heterocycles. The summed E-state index contributed by atoms with van der Waals surface area (Å²) in [6, 6.07) is 8.45. The summed E-state index contributed by atoms with van der Waals surface area (Å²) in [5.74, 6) is -0.583. The van der Waals surface area contributed by atoms with Crippen molar-refractivity contribution in [1.29, 1.82) is 0 Å². The molecule has 1 saturated heterocycles. The highest BCUT2D eigenvalue weighted by atomic mass is 19.1. The molecule has 0 spiro atoms. The fourth-order valence-corrected chi connectivity index (χ4v) is 4.25. The molecule has 0 unspecified atom stereocenters. The van der Waals surface area contributed by atoms with Crippen molar-refractivity contribution in [2.24, 2.45) is 5.73 Å². The molecule has 35 heavy (non-hydrogen) atoms. The Morgan fingerprint density at radius 3 is 2.60 bits per heavy atom. The number of rotatable bonds is 9. The summed E-state index contributed by atoms with van der Waals surface area (Å²) >= 11 is 0. The summed E-state index contributed by atoms with van der Waals surface area (Å²) in [4.78, 5) is 14.4. The van der Waals surface area contributed by atoms with Crippen LogP contribution in [0.5, 0.6) is 5.75 Å². The van der Waals surface area contributed by atoms with Gasteiger partial charge in [-0.15, -0.1) is 10.2 Å². The number of primary amides is 1. The summed E-state index contributed by atoms with van der Waals surface area (Å²) < 4.78 is 31.2. The minimum Gasteiger partial charge on any atom is -0.495 e. The second-order valence-corrected chi connectivity index (χ2v) is 8.49. The number of aryl methyl sites for hydroxylation is 1. The topological polar surface area (TPSA) is 112 Å². The molecule has 1 aromatic heterocycles. The highest BCUT2D eigenvalue weighted by molar-refractivity contribution is 6.07. The van der Waals surface area contributed by atoms with E-state index in [9.17, 15) is 9.18 Å². The molecule has 186 valence electrons. The van der Waals surface area contributed by atoms with E-state index in [1.807, 2.05) is 6.07 Å². The largest absolute Gasteiger partial charge is 0.495 e. The maximum Gasteiger partial charge on any atom is 0.271 e. The van der Waals surface area contributed by atoms with Gasteiger partial charge in [0.15, 0.2) is 5.69 Å². The molecule has 0 saturated carbocycles. The van der Waals surface area contributed by atoms with Gasteiger partial charge in [0.1, 0.15) is 11.6 Å². The van der Waals surface area contributed by atoms with Crippen molar-refractivity contribution < 1.29 is 23.4 Å². The third kappa shape index (κ3) is 5.44. The fraction of sp³-hybridized carbons (Fsp3) is 0.400. The average molecular weight is 484 g/mol. The molecule has 9 nitrogen and oxygen atoms in total. The van der Waals surface area contributed by atoms with E-state index >= 15 is 0 Å².